The zero-order valence-corrected chi connectivity index (χ0v) is 13.7. The zero-order chi connectivity index (χ0) is 13.8. The Balaban J connectivity index is 2.01. The second kappa shape index (κ2) is 6.55. The molecule has 1 amide bonds. The molecule has 0 aliphatic rings. The fraction of sp³-hybridized carbons (Fsp3) is 0.0714. The number of halogens is 3. The van der Waals surface area contributed by atoms with Crippen LogP contribution in [0.2, 0.25) is 5.02 Å². The molecule has 2 aromatic carbocycles. The SMILES string of the molecule is O=C(Cc1ccc(Br)cc1)Nc1ccc(Cl)c(Br)c1. The van der Waals surface area contributed by atoms with Crippen LogP contribution in [-0.4, -0.2) is 5.91 Å². The van der Waals surface area contributed by atoms with Crippen LogP contribution >= 0.6 is 43.5 Å². The van der Waals surface area contributed by atoms with Gasteiger partial charge in [0.05, 0.1) is 11.4 Å². The van der Waals surface area contributed by atoms with E-state index in [1.54, 1.807) is 18.2 Å². The van der Waals surface area contributed by atoms with Crippen molar-refractivity contribution in [2.24, 2.45) is 0 Å². The fourth-order valence-corrected chi connectivity index (χ4v) is 2.33. The topological polar surface area (TPSA) is 29.1 Å². The molecule has 0 saturated heterocycles. The van der Waals surface area contributed by atoms with Crippen molar-refractivity contribution in [2.45, 2.75) is 6.42 Å². The number of benzene rings is 2. The predicted octanol–water partition coefficient (Wildman–Crippen LogP) is 5.05. The van der Waals surface area contributed by atoms with Gasteiger partial charge in [-0.25, -0.2) is 0 Å². The highest BCUT2D eigenvalue weighted by molar-refractivity contribution is 9.10. The minimum absolute atomic E-state index is 0.0588. The average Bonchev–Trinajstić information content (AvgIpc) is 2.37. The van der Waals surface area contributed by atoms with Crippen molar-refractivity contribution in [3.63, 3.8) is 0 Å². The van der Waals surface area contributed by atoms with E-state index >= 15 is 0 Å². The Hall–Kier alpha value is -0.840. The van der Waals surface area contributed by atoms with Gasteiger partial charge in [0.15, 0.2) is 0 Å². The molecule has 0 fully saturated rings. The molecule has 0 aliphatic heterocycles. The van der Waals surface area contributed by atoms with Crippen molar-refractivity contribution >= 4 is 55.1 Å². The molecule has 2 rings (SSSR count). The molecule has 0 saturated carbocycles. The van der Waals surface area contributed by atoms with Crippen LogP contribution in [0.5, 0.6) is 0 Å². The van der Waals surface area contributed by atoms with E-state index in [4.69, 9.17) is 11.6 Å². The zero-order valence-electron chi connectivity index (χ0n) is 9.79. The molecular weight excluding hydrogens is 393 g/mol. The van der Waals surface area contributed by atoms with E-state index in [1.165, 1.54) is 0 Å². The van der Waals surface area contributed by atoms with E-state index < -0.39 is 0 Å². The van der Waals surface area contributed by atoms with Gasteiger partial charge in [0.1, 0.15) is 0 Å². The minimum atomic E-state index is -0.0588. The monoisotopic (exact) mass is 401 g/mol. The van der Waals surface area contributed by atoms with Crippen LogP contribution < -0.4 is 5.32 Å². The highest BCUT2D eigenvalue weighted by Crippen LogP contribution is 2.25. The number of nitrogens with one attached hydrogen (secondary N) is 1. The molecule has 0 aromatic heterocycles. The summed E-state index contributed by atoms with van der Waals surface area (Å²) in [4.78, 5) is 11.9. The quantitative estimate of drug-likeness (QED) is 0.764. The molecule has 2 aromatic rings. The Labute approximate surface area is 133 Å². The van der Waals surface area contributed by atoms with Gasteiger partial charge in [-0.1, -0.05) is 39.7 Å². The molecule has 5 heteroatoms. The molecule has 19 heavy (non-hydrogen) atoms. The van der Waals surface area contributed by atoms with Gasteiger partial charge in [0.25, 0.3) is 0 Å². The lowest BCUT2D eigenvalue weighted by Crippen LogP contribution is -2.14. The maximum Gasteiger partial charge on any atom is 0.228 e. The summed E-state index contributed by atoms with van der Waals surface area (Å²) < 4.78 is 1.76. The van der Waals surface area contributed by atoms with Crippen LogP contribution in [0.4, 0.5) is 5.69 Å². The maximum absolute atomic E-state index is 11.9. The summed E-state index contributed by atoms with van der Waals surface area (Å²) in [7, 11) is 0. The summed E-state index contributed by atoms with van der Waals surface area (Å²) in [5.41, 5.74) is 1.69. The third-order valence-electron chi connectivity index (χ3n) is 2.48. The highest BCUT2D eigenvalue weighted by atomic mass is 79.9. The minimum Gasteiger partial charge on any atom is -0.326 e. The number of hydrogen-bond acceptors (Lipinski definition) is 1. The van der Waals surface area contributed by atoms with Gasteiger partial charge >= 0.3 is 0 Å². The van der Waals surface area contributed by atoms with Crippen molar-refractivity contribution in [1.82, 2.24) is 0 Å². The smallest absolute Gasteiger partial charge is 0.228 e. The van der Waals surface area contributed by atoms with Crippen molar-refractivity contribution in [3.8, 4) is 0 Å². The van der Waals surface area contributed by atoms with Crippen molar-refractivity contribution in [3.05, 3.63) is 62.0 Å². The van der Waals surface area contributed by atoms with Crippen LogP contribution in [0.25, 0.3) is 0 Å². The summed E-state index contributed by atoms with van der Waals surface area (Å²) in [5, 5.41) is 3.45. The van der Waals surface area contributed by atoms with E-state index in [1.807, 2.05) is 24.3 Å². The molecule has 0 aliphatic carbocycles. The van der Waals surface area contributed by atoms with Crippen molar-refractivity contribution < 1.29 is 4.79 Å². The first-order valence-corrected chi connectivity index (χ1v) is 7.50. The van der Waals surface area contributed by atoms with Crippen LogP contribution in [0, 0.1) is 0 Å². The first-order valence-electron chi connectivity index (χ1n) is 5.54. The van der Waals surface area contributed by atoms with E-state index in [0.717, 1.165) is 20.2 Å². The molecule has 2 nitrogen and oxygen atoms in total. The molecule has 0 spiro atoms. The summed E-state index contributed by atoms with van der Waals surface area (Å²) in [6.07, 6.45) is 0.341. The third-order valence-corrected chi connectivity index (χ3v) is 4.22. The molecule has 98 valence electrons. The van der Waals surface area contributed by atoms with E-state index in [2.05, 4.69) is 37.2 Å². The van der Waals surface area contributed by atoms with Gasteiger partial charge in [0, 0.05) is 14.6 Å². The normalized spacial score (nSPS) is 10.3. The number of anilines is 1. The molecule has 0 heterocycles. The summed E-state index contributed by atoms with van der Waals surface area (Å²) >= 11 is 12.6. The number of carbonyl (C=O) groups excluding carboxylic acids is 1. The van der Waals surface area contributed by atoms with Crippen LogP contribution in [0.15, 0.2) is 51.4 Å². The van der Waals surface area contributed by atoms with Gasteiger partial charge in [-0.15, -0.1) is 0 Å². The predicted molar refractivity (Wildman–Crippen MR) is 85.6 cm³/mol. The summed E-state index contributed by atoms with van der Waals surface area (Å²) in [6.45, 7) is 0. The third kappa shape index (κ3) is 4.34. The highest BCUT2D eigenvalue weighted by Gasteiger charge is 2.05. The Morgan fingerprint density at radius 2 is 1.79 bits per heavy atom. The van der Waals surface area contributed by atoms with E-state index in [-0.39, 0.29) is 5.91 Å². The van der Waals surface area contributed by atoms with Gasteiger partial charge in [-0.05, 0) is 51.8 Å². The van der Waals surface area contributed by atoms with Crippen LogP contribution in [0.3, 0.4) is 0 Å². The first-order chi connectivity index (χ1) is 9.04. The lowest BCUT2D eigenvalue weighted by atomic mass is 10.1. The molecule has 0 bridgehead atoms. The van der Waals surface area contributed by atoms with Crippen molar-refractivity contribution in [2.75, 3.05) is 5.32 Å². The Morgan fingerprint density at radius 3 is 2.42 bits per heavy atom. The first kappa shape index (κ1) is 14.6. The van der Waals surface area contributed by atoms with E-state index in [0.29, 0.717) is 11.4 Å². The molecule has 0 radical (unpaired) electrons. The summed E-state index contributed by atoms with van der Waals surface area (Å²) in [6, 6.07) is 13.0. The average molecular weight is 404 g/mol. The van der Waals surface area contributed by atoms with Crippen LogP contribution in [-0.2, 0) is 11.2 Å². The molecule has 1 N–H and O–H groups in total. The largest absolute Gasteiger partial charge is 0.326 e. The number of carbonyl (C=O) groups is 1. The molecular formula is C14H10Br2ClNO. The Morgan fingerprint density at radius 1 is 1.11 bits per heavy atom. The number of amides is 1. The lowest BCUT2D eigenvalue weighted by molar-refractivity contribution is -0.115. The Bertz CT molecular complexity index is 599. The summed E-state index contributed by atoms with van der Waals surface area (Å²) in [5.74, 6) is -0.0588. The van der Waals surface area contributed by atoms with Gasteiger partial charge in [0.2, 0.25) is 5.91 Å². The van der Waals surface area contributed by atoms with Crippen LogP contribution in [0.1, 0.15) is 5.56 Å². The van der Waals surface area contributed by atoms with Gasteiger partial charge < -0.3 is 5.32 Å². The molecule has 0 unspecified atom stereocenters. The lowest BCUT2D eigenvalue weighted by Gasteiger charge is -2.06. The number of rotatable bonds is 3. The Kier molecular flexibility index (Phi) is 5.02. The fourth-order valence-electron chi connectivity index (χ4n) is 1.57. The van der Waals surface area contributed by atoms with Gasteiger partial charge in [-0.2, -0.15) is 0 Å². The number of hydrogen-bond donors (Lipinski definition) is 1. The molecule has 0 atom stereocenters. The second-order valence-electron chi connectivity index (χ2n) is 3.98. The van der Waals surface area contributed by atoms with Crippen molar-refractivity contribution in [1.29, 1.82) is 0 Å². The van der Waals surface area contributed by atoms with E-state index in [9.17, 15) is 4.79 Å². The maximum atomic E-state index is 11.9. The standard InChI is InChI=1S/C14H10Br2ClNO/c15-10-3-1-9(2-4-10)7-14(19)18-11-5-6-13(17)12(16)8-11/h1-6,8H,7H2,(H,18,19). The van der Waals surface area contributed by atoms with Gasteiger partial charge in [-0.3, -0.25) is 4.79 Å². The second-order valence-corrected chi connectivity index (χ2v) is 6.16.